The summed E-state index contributed by atoms with van der Waals surface area (Å²) in [4.78, 5) is 30.1. The largest absolute Gasteiger partial charge is 0.494 e. The number of hydrogen-bond acceptors (Lipinski definition) is 8. The second-order valence-electron chi connectivity index (χ2n) is 8.40. The van der Waals surface area contributed by atoms with E-state index in [1.165, 1.54) is 13.3 Å². The van der Waals surface area contributed by atoms with Gasteiger partial charge in [0.15, 0.2) is 17.3 Å². The summed E-state index contributed by atoms with van der Waals surface area (Å²) in [7, 11) is 3.22. The predicted molar refractivity (Wildman–Crippen MR) is 120 cm³/mol. The highest BCUT2D eigenvalue weighted by molar-refractivity contribution is 6.06. The van der Waals surface area contributed by atoms with Crippen LogP contribution in [0.5, 0.6) is 5.75 Å². The van der Waals surface area contributed by atoms with Gasteiger partial charge in [-0.2, -0.15) is 10.2 Å². The zero-order valence-electron chi connectivity index (χ0n) is 21.0. The number of hydrogen-bond donors (Lipinski definition) is 3. The maximum absolute atomic E-state index is 13.0. The normalized spacial score (nSPS) is 22.0. The molecule has 3 aromatic rings. The molecule has 11 nitrogen and oxygen atoms in total. The number of nitrogens with zero attached hydrogens (tertiary/aromatic N) is 5. The third kappa shape index (κ3) is 3.45. The van der Waals surface area contributed by atoms with Gasteiger partial charge < -0.3 is 20.7 Å². The summed E-state index contributed by atoms with van der Waals surface area (Å²) >= 11 is 0. The summed E-state index contributed by atoms with van der Waals surface area (Å²) in [5.41, 5.74) is 0.576. The van der Waals surface area contributed by atoms with Gasteiger partial charge in [0.05, 0.1) is 41.3 Å². The van der Waals surface area contributed by atoms with E-state index in [0.717, 1.165) is 19.3 Å². The van der Waals surface area contributed by atoms with Gasteiger partial charge in [0.25, 0.3) is 5.91 Å². The van der Waals surface area contributed by atoms with Crippen molar-refractivity contribution in [1.82, 2.24) is 30.3 Å². The Labute approximate surface area is 194 Å². The molecule has 0 aliphatic heterocycles. The Kier molecular flexibility index (Phi) is 4.16. The van der Waals surface area contributed by atoms with Crippen LogP contribution in [-0.4, -0.2) is 50.9 Å². The van der Waals surface area contributed by atoms with Crippen molar-refractivity contribution in [1.29, 1.82) is 0 Å². The number of aryl methyl sites for hydroxylation is 1. The molecule has 6 rings (SSSR count). The number of rotatable bonds is 7. The van der Waals surface area contributed by atoms with E-state index in [1.54, 1.807) is 36.3 Å². The van der Waals surface area contributed by atoms with Gasteiger partial charge in [0.2, 0.25) is 5.91 Å². The number of benzene rings is 1. The van der Waals surface area contributed by atoms with E-state index >= 15 is 0 Å². The molecule has 3 fully saturated rings. The number of carbonyl (C=O) groups is 2. The van der Waals surface area contributed by atoms with Crippen LogP contribution in [0.2, 0.25) is 0 Å². The number of methoxy groups -OCH3 is 1. The molecule has 3 saturated carbocycles. The Bertz CT molecular complexity index is 1340. The molecule has 33 heavy (non-hydrogen) atoms. The van der Waals surface area contributed by atoms with Gasteiger partial charge in [0.1, 0.15) is 6.33 Å². The van der Waals surface area contributed by atoms with Crippen LogP contribution in [0, 0.1) is 11.3 Å². The first-order chi connectivity index (χ1) is 17.1. The Balaban J connectivity index is 1.55. The average Bonchev–Trinajstić information content (AvgIpc) is 3.17. The first-order valence-corrected chi connectivity index (χ1v) is 10.4. The van der Waals surface area contributed by atoms with Crippen molar-refractivity contribution >= 4 is 28.9 Å². The molecule has 3 aliphatic rings. The maximum Gasteiger partial charge on any atom is 0.273 e. The van der Waals surface area contributed by atoms with Crippen LogP contribution in [0.4, 0.5) is 17.1 Å². The lowest BCUT2D eigenvalue weighted by atomic mass is 9.44. The van der Waals surface area contributed by atoms with E-state index in [9.17, 15) is 9.59 Å². The van der Waals surface area contributed by atoms with Crippen LogP contribution in [0.25, 0.3) is 11.4 Å². The quantitative estimate of drug-likeness (QED) is 0.497. The number of amides is 2. The monoisotopic (exact) mass is 451 g/mol. The van der Waals surface area contributed by atoms with Gasteiger partial charge >= 0.3 is 0 Å². The van der Waals surface area contributed by atoms with Crippen LogP contribution in [0.1, 0.15) is 33.9 Å². The first-order valence-electron chi connectivity index (χ1n) is 11.9. The van der Waals surface area contributed by atoms with Crippen molar-refractivity contribution in [2.75, 3.05) is 24.7 Å². The second-order valence-corrected chi connectivity index (χ2v) is 8.40. The zero-order valence-corrected chi connectivity index (χ0v) is 18.0. The lowest BCUT2D eigenvalue weighted by Crippen LogP contribution is -2.58. The summed E-state index contributed by atoms with van der Waals surface area (Å²) in [5.74, 6) is 0.245. The van der Waals surface area contributed by atoms with Crippen molar-refractivity contribution in [3.05, 3.63) is 36.4 Å². The average molecular weight is 452 g/mol. The predicted octanol–water partition coefficient (Wildman–Crippen LogP) is 2.12. The Morgan fingerprint density at radius 1 is 1.27 bits per heavy atom. The number of anilines is 3. The molecule has 2 heterocycles. The molecule has 3 N–H and O–H groups in total. The SMILES string of the molecule is [2H]C([2H])([2H])NC(=O)c1nncc(NC(=O)C23CC(C2)C3)c1Nc1cccc(-c2ncn(C)n2)c1OC. The molecule has 170 valence electrons. The Morgan fingerprint density at radius 3 is 2.73 bits per heavy atom. The van der Waals surface area contributed by atoms with E-state index < -0.39 is 18.3 Å². The molecule has 11 heteroatoms. The minimum atomic E-state index is -2.75. The standard InChI is InChI=1S/C22H24N8O3/c1-23-20(31)17-16(15(10-25-28-17)27-21(32)22-7-12(8-22)9-22)26-14-6-4-5-13(18(14)33-3)19-24-11-30(2)29-19/h4-6,10-12H,7-9H2,1-3H3,(H,23,31)(H,25,26)(H,27,28,32)/i1D3. The molecule has 0 radical (unpaired) electrons. The molecular weight excluding hydrogens is 424 g/mol. The molecule has 1 aromatic carbocycles. The third-order valence-electron chi connectivity index (χ3n) is 6.27. The van der Waals surface area contributed by atoms with E-state index in [0.29, 0.717) is 28.7 Å². The molecular formula is C22H24N8O3. The maximum atomic E-state index is 13.0. The minimum Gasteiger partial charge on any atom is -0.494 e. The van der Waals surface area contributed by atoms with Crippen LogP contribution in [0.15, 0.2) is 30.7 Å². The zero-order chi connectivity index (χ0) is 25.7. The van der Waals surface area contributed by atoms with Gasteiger partial charge in [-0.15, -0.1) is 5.10 Å². The molecule has 0 saturated heterocycles. The van der Waals surface area contributed by atoms with E-state index in [-0.39, 0.29) is 23.0 Å². The van der Waals surface area contributed by atoms with Crippen molar-refractivity contribution in [3.63, 3.8) is 0 Å². The van der Waals surface area contributed by atoms with Crippen LogP contribution < -0.4 is 20.7 Å². The molecule has 0 spiro atoms. The fraction of sp³-hybridized carbons (Fsp3) is 0.364. The third-order valence-corrected chi connectivity index (χ3v) is 6.27. The van der Waals surface area contributed by atoms with Gasteiger partial charge in [0, 0.05) is 18.1 Å². The fourth-order valence-corrected chi connectivity index (χ4v) is 4.47. The highest BCUT2D eigenvalue weighted by Crippen LogP contribution is 2.64. The van der Waals surface area contributed by atoms with E-state index in [2.05, 4.69) is 30.9 Å². The number of para-hydroxylation sites is 1. The Hall–Kier alpha value is -4.02. The Morgan fingerprint density at radius 2 is 2.09 bits per heavy atom. The van der Waals surface area contributed by atoms with Gasteiger partial charge in [-0.05, 0) is 37.3 Å². The van der Waals surface area contributed by atoms with Gasteiger partial charge in [-0.3, -0.25) is 14.3 Å². The number of aromatic nitrogens is 5. The first kappa shape index (κ1) is 17.5. The highest BCUT2D eigenvalue weighted by Gasteiger charge is 2.61. The summed E-state index contributed by atoms with van der Waals surface area (Å²) < 4.78 is 29.4. The summed E-state index contributed by atoms with van der Waals surface area (Å²) in [5, 5.41) is 19.9. The van der Waals surface area contributed by atoms with Crippen molar-refractivity contribution in [2.45, 2.75) is 19.3 Å². The van der Waals surface area contributed by atoms with Crippen molar-refractivity contribution < 1.29 is 18.4 Å². The number of carbonyl (C=O) groups excluding carboxylic acids is 2. The summed E-state index contributed by atoms with van der Waals surface area (Å²) in [6.45, 7) is -2.75. The lowest BCUT2D eigenvalue weighted by Gasteiger charge is -2.60. The topological polar surface area (TPSA) is 136 Å². The molecule has 0 unspecified atom stereocenters. The molecule has 0 atom stereocenters. The number of ether oxygens (including phenoxy) is 1. The minimum absolute atomic E-state index is 0.0797. The van der Waals surface area contributed by atoms with Crippen molar-refractivity contribution in [3.8, 4) is 17.1 Å². The van der Waals surface area contributed by atoms with Crippen LogP contribution in [0.3, 0.4) is 0 Å². The molecule has 2 bridgehead atoms. The second kappa shape index (κ2) is 7.84. The molecule has 3 aliphatic carbocycles. The van der Waals surface area contributed by atoms with Gasteiger partial charge in [-0.1, -0.05) is 6.07 Å². The number of nitrogens with one attached hydrogen (secondary N) is 3. The summed E-state index contributed by atoms with van der Waals surface area (Å²) in [6.07, 6.45) is 5.37. The molecule has 2 amide bonds. The fourth-order valence-electron chi connectivity index (χ4n) is 4.47. The lowest BCUT2D eigenvalue weighted by molar-refractivity contribution is -0.158. The van der Waals surface area contributed by atoms with E-state index in [1.807, 2.05) is 5.32 Å². The molecule has 2 aromatic heterocycles. The van der Waals surface area contributed by atoms with Crippen LogP contribution in [-0.2, 0) is 11.8 Å². The van der Waals surface area contributed by atoms with Crippen LogP contribution >= 0.6 is 0 Å². The smallest absolute Gasteiger partial charge is 0.273 e. The van der Waals surface area contributed by atoms with Gasteiger partial charge in [-0.25, -0.2) is 4.98 Å². The van der Waals surface area contributed by atoms with Crippen molar-refractivity contribution in [2.24, 2.45) is 18.4 Å². The highest BCUT2D eigenvalue weighted by atomic mass is 16.5. The summed E-state index contributed by atoms with van der Waals surface area (Å²) in [6, 6.07) is 5.22. The van der Waals surface area contributed by atoms with E-state index in [4.69, 9.17) is 8.85 Å².